The Bertz CT molecular complexity index is 516. The van der Waals surface area contributed by atoms with Crippen LogP contribution < -0.4 is 5.73 Å². The van der Waals surface area contributed by atoms with Gasteiger partial charge in [0.15, 0.2) is 0 Å². The summed E-state index contributed by atoms with van der Waals surface area (Å²) in [6, 6.07) is 9.49. The highest BCUT2D eigenvalue weighted by Gasteiger charge is 1.90. The minimum atomic E-state index is 0.822. The molecule has 0 spiro atoms. The van der Waals surface area contributed by atoms with Crippen LogP contribution in [0.15, 0.2) is 49.1 Å². The van der Waals surface area contributed by atoms with Crippen molar-refractivity contribution in [2.75, 3.05) is 5.73 Å². The number of nitrogens with one attached hydrogen (secondary N) is 1. The van der Waals surface area contributed by atoms with Crippen LogP contribution in [0.3, 0.4) is 0 Å². The molecule has 3 rings (SSSR count). The molecule has 80 valence electrons. The van der Waals surface area contributed by atoms with Gasteiger partial charge in [-0.25, -0.2) is 9.97 Å². The molecule has 0 radical (unpaired) electrons. The standard InChI is InChI=1S/C6H7N.C5H4N4/c7-6-4-2-1-3-5-6;1-5-4(2-8-9-5)7-3-6-1/h1-5H,7H2;1-3H,(H,8,9). The van der Waals surface area contributed by atoms with Gasteiger partial charge in [-0.3, -0.25) is 5.10 Å². The summed E-state index contributed by atoms with van der Waals surface area (Å²) in [5, 5.41) is 6.52. The molecule has 0 amide bonds. The summed E-state index contributed by atoms with van der Waals surface area (Å²) in [5.74, 6) is 0. The molecule has 0 saturated heterocycles. The molecular weight excluding hydrogens is 202 g/mol. The third kappa shape index (κ3) is 2.54. The number of aromatic amines is 1. The van der Waals surface area contributed by atoms with Crippen molar-refractivity contribution in [2.24, 2.45) is 0 Å². The number of hydrogen-bond acceptors (Lipinski definition) is 4. The van der Waals surface area contributed by atoms with Gasteiger partial charge >= 0.3 is 0 Å². The zero-order valence-electron chi connectivity index (χ0n) is 8.54. The van der Waals surface area contributed by atoms with Gasteiger partial charge in [0, 0.05) is 5.69 Å². The second-order valence-electron chi connectivity index (χ2n) is 3.10. The summed E-state index contributed by atoms with van der Waals surface area (Å²) in [6.45, 7) is 0. The molecule has 5 heteroatoms. The molecule has 0 saturated carbocycles. The smallest absolute Gasteiger partial charge is 0.116 e. The number of benzene rings is 1. The highest BCUT2D eigenvalue weighted by atomic mass is 15.1. The summed E-state index contributed by atoms with van der Waals surface area (Å²) >= 11 is 0. The number of rotatable bonds is 0. The average Bonchev–Trinajstić information content (AvgIpc) is 2.79. The van der Waals surface area contributed by atoms with Gasteiger partial charge in [-0.15, -0.1) is 0 Å². The maximum atomic E-state index is 5.36. The van der Waals surface area contributed by atoms with Gasteiger partial charge in [-0.1, -0.05) is 18.2 Å². The lowest BCUT2D eigenvalue weighted by atomic mass is 10.3. The fraction of sp³-hybridized carbons (Fsp3) is 0. The van der Waals surface area contributed by atoms with E-state index in [1.54, 1.807) is 12.4 Å². The minimum absolute atomic E-state index is 0.822. The van der Waals surface area contributed by atoms with Gasteiger partial charge < -0.3 is 5.73 Å². The van der Waals surface area contributed by atoms with Crippen LogP contribution in [-0.2, 0) is 0 Å². The molecule has 3 N–H and O–H groups in total. The summed E-state index contributed by atoms with van der Waals surface area (Å²) in [5.41, 5.74) is 7.90. The first kappa shape index (κ1) is 10.1. The van der Waals surface area contributed by atoms with E-state index < -0.39 is 0 Å². The van der Waals surface area contributed by atoms with Gasteiger partial charge in [0.05, 0.1) is 12.4 Å². The molecule has 0 atom stereocenters. The van der Waals surface area contributed by atoms with Crippen molar-refractivity contribution >= 4 is 16.7 Å². The Kier molecular flexibility index (Phi) is 3.08. The van der Waals surface area contributed by atoms with E-state index in [2.05, 4.69) is 20.2 Å². The van der Waals surface area contributed by atoms with Crippen LogP contribution in [-0.4, -0.2) is 20.2 Å². The van der Waals surface area contributed by atoms with E-state index in [4.69, 9.17) is 5.73 Å². The molecule has 1 aromatic carbocycles. The third-order valence-corrected chi connectivity index (χ3v) is 1.91. The normalized spacial score (nSPS) is 9.50. The first-order valence-corrected chi connectivity index (χ1v) is 4.76. The molecule has 5 nitrogen and oxygen atoms in total. The van der Waals surface area contributed by atoms with E-state index >= 15 is 0 Å². The van der Waals surface area contributed by atoms with Gasteiger partial charge in [0.25, 0.3) is 0 Å². The maximum absolute atomic E-state index is 5.36. The topological polar surface area (TPSA) is 80.5 Å². The number of anilines is 1. The zero-order valence-corrected chi connectivity index (χ0v) is 8.54. The zero-order chi connectivity index (χ0) is 11.2. The lowest BCUT2D eigenvalue weighted by Gasteiger charge is -1.83. The van der Waals surface area contributed by atoms with Crippen LogP contribution in [0.5, 0.6) is 0 Å². The Morgan fingerprint density at radius 1 is 1.06 bits per heavy atom. The van der Waals surface area contributed by atoms with E-state index in [1.807, 2.05) is 30.3 Å². The van der Waals surface area contributed by atoms with E-state index in [9.17, 15) is 0 Å². The number of fused-ring (bicyclic) bond motifs is 1. The van der Waals surface area contributed by atoms with Crippen molar-refractivity contribution in [1.29, 1.82) is 0 Å². The Hall–Kier alpha value is -2.43. The van der Waals surface area contributed by atoms with Gasteiger partial charge in [-0.2, -0.15) is 5.10 Å². The molecule has 16 heavy (non-hydrogen) atoms. The molecule has 0 unspecified atom stereocenters. The number of aromatic nitrogens is 4. The second kappa shape index (κ2) is 4.88. The van der Waals surface area contributed by atoms with Crippen LogP contribution in [0.25, 0.3) is 11.0 Å². The summed E-state index contributed by atoms with van der Waals surface area (Å²) in [7, 11) is 0. The molecule has 0 aliphatic rings. The summed E-state index contributed by atoms with van der Waals surface area (Å²) in [4.78, 5) is 7.74. The van der Waals surface area contributed by atoms with Crippen molar-refractivity contribution in [3.8, 4) is 0 Å². The molecule has 3 aromatic rings. The highest BCUT2D eigenvalue weighted by molar-refractivity contribution is 5.71. The molecule has 0 bridgehead atoms. The van der Waals surface area contributed by atoms with Crippen molar-refractivity contribution in [3.63, 3.8) is 0 Å². The first-order chi connectivity index (χ1) is 7.86. The number of nitrogens with two attached hydrogens (primary N) is 1. The SMILES string of the molecule is Nc1ccccc1.c1ncc2[nH]ncc2n1. The number of nitrogen functional groups attached to an aromatic ring is 1. The van der Waals surface area contributed by atoms with Crippen LogP contribution in [0.4, 0.5) is 5.69 Å². The first-order valence-electron chi connectivity index (χ1n) is 4.76. The fourth-order valence-corrected chi connectivity index (χ4v) is 1.14. The summed E-state index contributed by atoms with van der Waals surface area (Å²) in [6.07, 6.45) is 4.85. The van der Waals surface area contributed by atoms with Gasteiger partial charge in [0.2, 0.25) is 0 Å². The summed E-state index contributed by atoms with van der Waals surface area (Å²) < 4.78 is 0. The molecule has 2 aromatic heterocycles. The Balaban J connectivity index is 0.000000125. The molecule has 0 fully saturated rings. The molecular formula is C11H11N5. The Labute approximate surface area is 92.4 Å². The average molecular weight is 213 g/mol. The van der Waals surface area contributed by atoms with Crippen LogP contribution in [0.2, 0.25) is 0 Å². The predicted molar refractivity (Wildman–Crippen MR) is 62.5 cm³/mol. The van der Waals surface area contributed by atoms with E-state index in [-0.39, 0.29) is 0 Å². The van der Waals surface area contributed by atoms with Crippen molar-refractivity contribution in [2.45, 2.75) is 0 Å². The van der Waals surface area contributed by atoms with Crippen LogP contribution in [0, 0.1) is 0 Å². The van der Waals surface area contributed by atoms with Crippen molar-refractivity contribution in [1.82, 2.24) is 20.2 Å². The van der Waals surface area contributed by atoms with Crippen LogP contribution >= 0.6 is 0 Å². The van der Waals surface area contributed by atoms with Crippen molar-refractivity contribution in [3.05, 3.63) is 49.1 Å². The molecule has 0 aliphatic carbocycles. The number of hydrogen-bond donors (Lipinski definition) is 2. The molecule has 2 heterocycles. The monoisotopic (exact) mass is 213 g/mol. The van der Waals surface area contributed by atoms with Crippen LogP contribution in [0.1, 0.15) is 0 Å². The maximum Gasteiger partial charge on any atom is 0.116 e. The Morgan fingerprint density at radius 3 is 2.50 bits per heavy atom. The third-order valence-electron chi connectivity index (χ3n) is 1.91. The lowest BCUT2D eigenvalue weighted by Crippen LogP contribution is -1.79. The highest BCUT2D eigenvalue weighted by Crippen LogP contribution is 2.00. The quantitative estimate of drug-likeness (QED) is 0.556. The minimum Gasteiger partial charge on any atom is -0.399 e. The fourth-order valence-electron chi connectivity index (χ4n) is 1.14. The predicted octanol–water partition coefficient (Wildman–Crippen LogP) is 1.62. The van der Waals surface area contributed by atoms with Gasteiger partial charge in [-0.05, 0) is 12.1 Å². The van der Waals surface area contributed by atoms with E-state index in [0.717, 1.165) is 16.7 Å². The number of H-pyrrole nitrogens is 1. The van der Waals surface area contributed by atoms with E-state index in [1.165, 1.54) is 6.33 Å². The van der Waals surface area contributed by atoms with Crippen molar-refractivity contribution < 1.29 is 0 Å². The molecule has 0 aliphatic heterocycles. The van der Waals surface area contributed by atoms with Gasteiger partial charge in [0.1, 0.15) is 17.4 Å². The Morgan fingerprint density at radius 2 is 1.88 bits per heavy atom. The second-order valence-corrected chi connectivity index (χ2v) is 3.10. The lowest BCUT2D eigenvalue weighted by molar-refractivity contribution is 1.11. The largest absolute Gasteiger partial charge is 0.399 e. The number of para-hydroxylation sites is 1. The number of nitrogens with zero attached hydrogens (tertiary/aromatic N) is 3. The van der Waals surface area contributed by atoms with E-state index in [0.29, 0.717) is 0 Å².